The van der Waals surface area contributed by atoms with E-state index in [1.165, 1.54) is 12.8 Å². The summed E-state index contributed by atoms with van der Waals surface area (Å²) in [5, 5.41) is 6.40. The molecule has 2 aromatic rings. The van der Waals surface area contributed by atoms with Gasteiger partial charge in [0.1, 0.15) is 5.52 Å². The van der Waals surface area contributed by atoms with E-state index in [9.17, 15) is 0 Å². The molecule has 0 aromatic carbocycles. The molecule has 0 aliphatic heterocycles. The van der Waals surface area contributed by atoms with E-state index >= 15 is 0 Å². The number of nitrogens with one attached hydrogen (secondary N) is 3. The van der Waals surface area contributed by atoms with E-state index < -0.39 is 0 Å². The Labute approximate surface area is 117 Å². The van der Waals surface area contributed by atoms with Crippen LogP contribution in [0.4, 0.5) is 11.8 Å². The van der Waals surface area contributed by atoms with Crippen molar-refractivity contribution in [3.63, 3.8) is 0 Å². The van der Waals surface area contributed by atoms with Gasteiger partial charge in [0.2, 0.25) is 5.95 Å². The van der Waals surface area contributed by atoms with Gasteiger partial charge in [0, 0.05) is 27.3 Å². The predicted molar refractivity (Wildman–Crippen MR) is 77.9 cm³/mol. The van der Waals surface area contributed by atoms with Crippen molar-refractivity contribution in [3.05, 3.63) is 6.33 Å². The maximum Gasteiger partial charge on any atom is 0.226 e. The lowest BCUT2D eigenvalue weighted by atomic mass is 10.0. The Morgan fingerprint density at radius 1 is 1.40 bits per heavy atom. The SMILES string of the molecule is CNc1nc(NCC2(CCOC)CC2)c2[nH]cnc2n1. The molecule has 20 heavy (non-hydrogen) atoms. The fraction of sp³-hybridized carbons (Fsp3) is 0.615. The largest absolute Gasteiger partial charge is 0.385 e. The molecule has 0 atom stereocenters. The van der Waals surface area contributed by atoms with E-state index in [-0.39, 0.29) is 0 Å². The van der Waals surface area contributed by atoms with Gasteiger partial charge in [-0.15, -0.1) is 0 Å². The second-order valence-electron chi connectivity index (χ2n) is 5.34. The second-order valence-corrected chi connectivity index (χ2v) is 5.34. The van der Waals surface area contributed by atoms with Crippen molar-refractivity contribution in [2.75, 3.05) is 37.9 Å². The molecule has 0 amide bonds. The molecule has 0 spiro atoms. The number of rotatable bonds is 7. The highest BCUT2D eigenvalue weighted by atomic mass is 16.5. The average Bonchev–Trinajstić information content (AvgIpc) is 3.09. The molecular weight excluding hydrogens is 256 g/mol. The molecule has 3 rings (SSSR count). The number of H-pyrrole nitrogens is 1. The molecular formula is C13H20N6O. The number of hydrogen-bond donors (Lipinski definition) is 3. The van der Waals surface area contributed by atoms with Crippen LogP contribution in [0, 0.1) is 5.41 Å². The first kappa shape index (κ1) is 13.1. The zero-order chi connectivity index (χ0) is 14.0. The van der Waals surface area contributed by atoms with E-state index in [0.29, 0.717) is 17.0 Å². The molecule has 108 valence electrons. The zero-order valence-corrected chi connectivity index (χ0v) is 11.9. The van der Waals surface area contributed by atoms with Gasteiger partial charge in [-0.25, -0.2) is 4.98 Å². The predicted octanol–water partition coefficient (Wildman–Crippen LogP) is 1.62. The Bertz CT molecular complexity index is 592. The van der Waals surface area contributed by atoms with Crippen molar-refractivity contribution in [1.82, 2.24) is 19.9 Å². The third-order valence-electron chi connectivity index (χ3n) is 3.93. The summed E-state index contributed by atoms with van der Waals surface area (Å²) in [4.78, 5) is 16.0. The molecule has 0 bridgehead atoms. The number of imidazole rings is 1. The van der Waals surface area contributed by atoms with Gasteiger partial charge in [-0.2, -0.15) is 9.97 Å². The van der Waals surface area contributed by atoms with Crippen LogP contribution < -0.4 is 10.6 Å². The Kier molecular flexibility index (Phi) is 3.43. The van der Waals surface area contributed by atoms with Gasteiger partial charge in [-0.3, -0.25) is 0 Å². The first-order chi connectivity index (χ1) is 9.76. The first-order valence-electron chi connectivity index (χ1n) is 6.88. The van der Waals surface area contributed by atoms with Crippen molar-refractivity contribution < 1.29 is 4.74 Å². The van der Waals surface area contributed by atoms with Crippen molar-refractivity contribution in [2.24, 2.45) is 5.41 Å². The lowest BCUT2D eigenvalue weighted by Crippen LogP contribution is -2.18. The number of ether oxygens (including phenoxy) is 1. The molecule has 1 fully saturated rings. The van der Waals surface area contributed by atoms with Crippen molar-refractivity contribution in [3.8, 4) is 0 Å². The lowest BCUT2D eigenvalue weighted by Gasteiger charge is -2.16. The summed E-state index contributed by atoms with van der Waals surface area (Å²) in [7, 11) is 3.56. The molecule has 1 aliphatic rings. The van der Waals surface area contributed by atoms with Gasteiger partial charge in [-0.1, -0.05) is 0 Å². The highest BCUT2D eigenvalue weighted by Gasteiger charge is 2.41. The fourth-order valence-electron chi connectivity index (χ4n) is 2.35. The van der Waals surface area contributed by atoms with Crippen molar-refractivity contribution in [1.29, 1.82) is 0 Å². The Balaban J connectivity index is 1.75. The summed E-state index contributed by atoms with van der Waals surface area (Å²) < 4.78 is 5.18. The summed E-state index contributed by atoms with van der Waals surface area (Å²) in [5.74, 6) is 1.38. The summed E-state index contributed by atoms with van der Waals surface area (Å²) in [5.41, 5.74) is 1.90. The Hall–Kier alpha value is -1.89. The highest BCUT2D eigenvalue weighted by Crippen LogP contribution is 2.48. The molecule has 0 unspecified atom stereocenters. The third kappa shape index (κ3) is 2.53. The van der Waals surface area contributed by atoms with E-state index in [0.717, 1.165) is 30.9 Å². The number of hydrogen-bond acceptors (Lipinski definition) is 6. The van der Waals surface area contributed by atoms with Crippen LogP contribution in [-0.4, -0.2) is 47.2 Å². The number of aromatic nitrogens is 4. The molecule has 1 saturated carbocycles. The van der Waals surface area contributed by atoms with Crippen LogP contribution in [0.15, 0.2) is 6.33 Å². The topological polar surface area (TPSA) is 87.8 Å². The van der Waals surface area contributed by atoms with E-state index in [2.05, 4.69) is 30.6 Å². The fourth-order valence-corrected chi connectivity index (χ4v) is 2.35. The Morgan fingerprint density at radius 3 is 2.95 bits per heavy atom. The van der Waals surface area contributed by atoms with Crippen LogP contribution >= 0.6 is 0 Å². The van der Waals surface area contributed by atoms with E-state index in [1.807, 2.05) is 0 Å². The number of aromatic amines is 1. The molecule has 0 saturated heterocycles. The molecule has 7 heteroatoms. The maximum atomic E-state index is 5.18. The Morgan fingerprint density at radius 2 is 2.25 bits per heavy atom. The van der Waals surface area contributed by atoms with Crippen LogP contribution in [0.3, 0.4) is 0 Å². The molecule has 7 nitrogen and oxygen atoms in total. The monoisotopic (exact) mass is 276 g/mol. The number of anilines is 2. The normalized spacial score (nSPS) is 16.3. The van der Waals surface area contributed by atoms with Crippen LogP contribution in [0.5, 0.6) is 0 Å². The lowest BCUT2D eigenvalue weighted by molar-refractivity contribution is 0.175. The summed E-state index contributed by atoms with van der Waals surface area (Å²) in [6.45, 7) is 1.72. The molecule has 1 aliphatic carbocycles. The third-order valence-corrected chi connectivity index (χ3v) is 3.93. The van der Waals surface area contributed by atoms with E-state index in [4.69, 9.17) is 4.74 Å². The van der Waals surface area contributed by atoms with Crippen LogP contribution in [-0.2, 0) is 4.74 Å². The van der Waals surface area contributed by atoms with Crippen molar-refractivity contribution in [2.45, 2.75) is 19.3 Å². The van der Waals surface area contributed by atoms with Crippen LogP contribution in [0.25, 0.3) is 11.2 Å². The van der Waals surface area contributed by atoms with E-state index in [1.54, 1.807) is 20.5 Å². The minimum Gasteiger partial charge on any atom is -0.385 e. The summed E-state index contributed by atoms with van der Waals surface area (Å²) in [6.07, 6.45) is 5.23. The average molecular weight is 276 g/mol. The highest BCUT2D eigenvalue weighted by molar-refractivity contribution is 5.83. The standard InChI is InChI=1S/C13H20N6O/c1-14-12-18-10(9-11(19-12)17-8-16-9)15-7-13(3-4-13)5-6-20-2/h8H,3-7H2,1-2H3,(H3,14,15,16,17,18,19). The zero-order valence-electron chi connectivity index (χ0n) is 11.9. The minimum atomic E-state index is 0.368. The smallest absolute Gasteiger partial charge is 0.226 e. The second kappa shape index (κ2) is 5.24. The first-order valence-corrected chi connectivity index (χ1v) is 6.88. The summed E-state index contributed by atoms with van der Waals surface area (Å²) >= 11 is 0. The number of fused-ring (bicyclic) bond motifs is 1. The minimum absolute atomic E-state index is 0.368. The van der Waals surface area contributed by atoms with Gasteiger partial charge in [0.15, 0.2) is 11.5 Å². The summed E-state index contributed by atoms with van der Waals surface area (Å²) in [6, 6.07) is 0. The quantitative estimate of drug-likeness (QED) is 0.712. The molecule has 2 aromatic heterocycles. The van der Waals surface area contributed by atoms with Crippen LogP contribution in [0.1, 0.15) is 19.3 Å². The maximum absolute atomic E-state index is 5.18. The van der Waals surface area contributed by atoms with Crippen LogP contribution in [0.2, 0.25) is 0 Å². The molecule has 0 radical (unpaired) electrons. The van der Waals surface area contributed by atoms with Gasteiger partial charge in [0.05, 0.1) is 6.33 Å². The van der Waals surface area contributed by atoms with Gasteiger partial charge >= 0.3 is 0 Å². The number of methoxy groups -OCH3 is 1. The number of nitrogens with zero attached hydrogens (tertiary/aromatic N) is 3. The van der Waals surface area contributed by atoms with Gasteiger partial charge in [0.25, 0.3) is 0 Å². The van der Waals surface area contributed by atoms with Crippen molar-refractivity contribution >= 4 is 22.9 Å². The molecule has 3 N–H and O–H groups in total. The van der Waals surface area contributed by atoms with Gasteiger partial charge < -0.3 is 20.4 Å². The molecule has 2 heterocycles. The van der Waals surface area contributed by atoms with Gasteiger partial charge in [-0.05, 0) is 24.7 Å².